The highest BCUT2D eigenvalue weighted by Crippen LogP contribution is 2.18. The molecule has 0 aromatic carbocycles. The normalized spacial score (nSPS) is 17.0. The number of rotatable bonds is 2. The summed E-state index contributed by atoms with van der Waals surface area (Å²) in [6, 6.07) is 0. The fraction of sp³-hybridized carbons (Fsp3) is 0.556. The van der Waals surface area contributed by atoms with Crippen LogP contribution in [0.5, 0.6) is 0 Å². The molecular formula is C9H14FN5O. The van der Waals surface area contributed by atoms with E-state index >= 15 is 0 Å². The van der Waals surface area contributed by atoms with Crippen molar-refractivity contribution in [2.45, 2.75) is 6.42 Å². The number of ether oxygens (including phenoxy) is 1. The number of hydrogen-bond donors (Lipinski definition) is 2. The summed E-state index contributed by atoms with van der Waals surface area (Å²) in [5.41, 5.74) is 2.30. The lowest BCUT2D eigenvalue weighted by Crippen LogP contribution is -2.28. The first-order valence-electron chi connectivity index (χ1n) is 5.13. The fourth-order valence-electron chi connectivity index (χ4n) is 1.61. The van der Waals surface area contributed by atoms with Crippen LogP contribution >= 0.6 is 0 Å². The van der Waals surface area contributed by atoms with Gasteiger partial charge in [-0.15, -0.1) is 0 Å². The van der Waals surface area contributed by atoms with Crippen molar-refractivity contribution in [3.63, 3.8) is 0 Å². The van der Waals surface area contributed by atoms with Crippen LogP contribution in [0.1, 0.15) is 6.42 Å². The highest BCUT2D eigenvalue weighted by Gasteiger charge is 2.16. The number of aromatic nitrogens is 2. The zero-order valence-corrected chi connectivity index (χ0v) is 8.82. The van der Waals surface area contributed by atoms with E-state index in [-0.39, 0.29) is 11.8 Å². The Morgan fingerprint density at radius 3 is 3.12 bits per heavy atom. The van der Waals surface area contributed by atoms with Gasteiger partial charge in [0.05, 0.1) is 12.8 Å². The third kappa shape index (κ3) is 2.37. The molecule has 1 aliphatic heterocycles. The van der Waals surface area contributed by atoms with Gasteiger partial charge in [-0.25, -0.2) is 15.2 Å². The van der Waals surface area contributed by atoms with E-state index in [9.17, 15) is 4.39 Å². The Kier molecular flexibility index (Phi) is 3.47. The molecule has 6 nitrogen and oxygen atoms in total. The molecule has 0 atom stereocenters. The predicted octanol–water partition coefficient (Wildman–Crippen LogP) is 0.128. The second kappa shape index (κ2) is 5.04. The maximum absolute atomic E-state index is 13.5. The first-order valence-corrected chi connectivity index (χ1v) is 5.13. The standard InChI is InChI=1S/C9H14FN5O/c10-7-6-12-9(14-11)13-8(7)15-2-1-4-16-5-3-15/h6H,1-5,11H2,(H,12,13,14). The molecule has 1 aromatic rings. The Balaban J connectivity index is 2.22. The van der Waals surface area contributed by atoms with E-state index in [4.69, 9.17) is 10.6 Å². The molecule has 0 radical (unpaired) electrons. The Labute approximate surface area is 92.6 Å². The number of hydrogen-bond acceptors (Lipinski definition) is 6. The van der Waals surface area contributed by atoms with Gasteiger partial charge in [0.1, 0.15) is 0 Å². The summed E-state index contributed by atoms with van der Waals surface area (Å²) < 4.78 is 18.8. The van der Waals surface area contributed by atoms with Gasteiger partial charge in [-0.3, -0.25) is 5.43 Å². The van der Waals surface area contributed by atoms with Gasteiger partial charge in [0.15, 0.2) is 11.6 Å². The van der Waals surface area contributed by atoms with Gasteiger partial charge in [0.2, 0.25) is 5.95 Å². The van der Waals surface area contributed by atoms with E-state index in [1.54, 1.807) is 0 Å². The Morgan fingerprint density at radius 1 is 1.44 bits per heavy atom. The number of nitrogens with one attached hydrogen (secondary N) is 1. The highest BCUT2D eigenvalue weighted by molar-refractivity contribution is 5.43. The van der Waals surface area contributed by atoms with Gasteiger partial charge in [0, 0.05) is 19.7 Å². The first-order chi connectivity index (χ1) is 7.81. The molecule has 2 rings (SSSR count). The van der Waals surface area contributed by atoms with E-state index in [1.807, 2.05) is 4.90 Å². The summed E-state index contributed by atoms with van der Waals surface area (Å²) in [4.78, 5) is 9.54. The van der Waals surface area contributed by atoms with Crippen molar-refractivity contribution in [1.82, 2.24) is 9.97 Å². The lowest BCUT2D eigenvalue weighted by atomic mass is 10.4. The molecule has 3 N–H and O–H groups in total. The van der Waals surface area contributed by atoms with Crippen LogP contribution in [-0.4, -0.2) is 36.3 Å². The third-order valence-electron chi connectivity index (χ3n) is 2.38. The quantitative estimate of drug-likeness (QED) is 0.552. The minimum Gasteiger partial charge on any atom is -0.380 e. The topological polar surface area (TPSA) is 76.3 Å². The number of anilines is 2. The van der Waals surface area contributed by atoms with Gasteiger partial charge >= 0.3 is 0 Å². The molecule has 88 valence electrons. The zero-order chi connectivity index (χ0) is 11.4. The Hall–Kier alpha value is -1.47. The van der Waals surface area contributed by atoms with Gasteiger partial charge in [0.25, 0.3) is 0 Å². The molecule has 0 unspecified atom stereocenters. The van der Waals surface area contributed by atoms with Crippen LogP contribution < -0.4 is 16.2 Å². The number of nitrogens with two attached hydrogens (primary N) is 1. The van der Waals surface area contributed by atoms with Gasteiger partial charge in [-0.2, -0.15) is 4.98 Å². The monoisotopic (exact) mass is 227 g/mol. The molecule has 0 spiro atoms. The van der Waals surface area contributed by atoms with E-state index in [0.717, 1.165) is 19.2 Å². The van der Waals surface area contributed by atoms with E-state index < -0.39 is 5.82 Å². The minimum absolute atomic E-state index is 0.210. The van der Waals surface area contributed by atoms with Crippen molar-refractivity contribution in [2.75, 3.05) is 36.6 Å². The molecule has 1 aromatic heterocycles. The Bertz CT molecular complexity index is 354. The van der Waals surface area contributed by atoms with E-state index in [2.05, 4.69) is 15.4 Å². The molecule has 7 heteroatoms. The van der Waals surface area contributed by atoms with Crippen LogP contribution in [-0.2, 0) is 4.74 Å². The average Bonchev–Trinajstić information content (AvgIpc) is 2.58. The predicted molar refractivity (Wildman–Crippen MR) is 57.4 cm³/mol. The molecular weight excluding hydrogens is 213 g/mol. The molecule has 1 saturated heterocycles. The maximum Gasteiger partial charge on any atom is 0.239 e. The molecule has 0 amide bonds. The number of halogens is 1. The van der Waals surface area contributed by atoms with Crippen LogP contribution in [0, 0.1) is 5.82 Å². The lowest BCUT2D eigenvalue weighted by molar-refractivity contribution is 0.152. The molecule has 16 heavy (non-hydrogen) atoms. The molecule has 1 fully saturated rings. The average molecular weight is 227 g/mol. The van der Waals surface area contributed by atoms with Crippen LogP contribution in [0.25, 0.3) is 0 Å². The van der Waals surface area contributed by atoms with Crippen LogP contribution in [0.15, 0.2) is 6.20 Å². The van der Waals surface area contributed by atoms with Gasteiger partial charge < -0.3 is 9.64 Å². The summed E-state index contributed by atoms with van der Waals surface area (Å²) in [5.74, 6) is 5.23. The van der Waals surface area contributed by atoms with Crippen molar-refractivity contribution < 1.29 is 9.13 Å². The number of hydrazine groups is 1. The SMILES string of the molecule is NNc1ncc(F)c(N2CCCOCC2)n1. The molecule has 2 heterocycles. The van der Waals surface area contributed by atoms with Crippen molar-refractivity contribution in [3.8, 4) is 0 Å². The zero-order valence-electron chi connectivity index (χ0n) is 8.82. The first kappa shape index (κ1) is 11.0. The number of nitrogen functional groups attached to an aromatic ring is 1. The van der Waals surface area contributed by atoms with Crippen molar-refractivity contribution in [1.29, 1.82) is 0 Å². The van der Waals surface area contributed by atoms with Crippen LogP contribution in [0.3, 0.4) is 0 Å². The second-order valence-electron chi connectivity index (χ2n) is 3.46. The van der Waals surface area contributed by atoms with Crippen LogP contribution in [0.2, 0.25) is 0 Å². The third-order valence-corrected chi connectivity index (χ3v) is 2.38. The van der Waals surface area contributed by atoms with Crippen LogP contribution in [0.4, 0.5) is 16.2 Å². The van der Waals surface area contributed by atoms with Crippen molar-refractivity contribution in [2.24, 2.45) is 5.84 Å². The largest absolute Gasteiger partial charge is 0.380 e. The van der Waals surface area contributed by atoms with Crippen molar-refractivity contribution in [3.05, 3.63) is 12.0 Å². The van der Waals surface area contributed by atoms with E-state index in [1.165, 1.54) is 0 Å². The molecule has 1 aliphatic rings. The molecule has 0 aliphatic carbocycles. The minimum atomic E-state index is -0.444. The van der Waals surface area contributed by atoms with E-state index in [0.29, 0.717) is 19.8 Å². The van der Waals surface area contributed by atoms with Crippen molar-refractivity contribution >= 4 is 11.8 Å². The fourth-order valence-corrected chi connectivity index (χ4v) is 1.61. The summed E-state index contributed by atoms with van der Waals surface area (Å²) in [7, 11) is 0. The summed E-state index contributed by atoms with van der Waals surface area (Å²) in [6.07, 6.45) is 1.97. The lowest BCUT2D eigenvalue weighted by Gasteiger charge is -2.21. The second-order valence-corrected chi connectivity index (χ2v) is 3.46. The number of nitrogens with zero attached hydrogens (tertiary/aromatic N) is 3. The molecule has 0 saturated carbocycles. The Morgan fingerprint density at radius 2 is 2.31 bits per heavy atom. The highest BCUT2D eigenvalue weighted by atomic mass is 19.1. The summed E-state index contributed by atoms with van der Waals surface area (Å²) in [6.45, 7) is 2.62. The molecule has 0 bridgehead atoms. The summed E-state index contributed by atoms with van der Waals surface area (Å²) >= 11 is 0. The summed E-state index contributed by atoms with van der Waals surface area (Å²) in [5, 5.41) is 0. The van der Waals surface area contributed by atoms with Gasteiger partial charge in [-0.1, -0.05) is 0 Å². The van der Waals surface area contributed by atoms with Gasteiger partial charge in [-0.05, 0) is 6.42 Å². The smallest absolute Gasteiger partial charge is 0.239 e. The maximum atomic E-state index is 13.5.